The molecule has 100 valence electrons. The van der Waals surface area contributed by atoms with Gasteiger partial charge in [-0.2, -0.15) is 0 Å². The second-order valence-electron chi connectivity index (χ2n) is 4.14. The van der Waals surface area contributed by atoms with Crippen LogP contribution >= 0.6 is 31.9 Å². The molecule has 0 spiro atoms. The van der Waals surface area contributed by atoms with Gasteiger partial charge in [-0.1, -0.05) is 0 Å². The Morgan fingerprint density at radius 3 is 1.65 bits per heavy atom. The first kappa shape index (κ1) is 13.3. The molecular weight excluding hydrogens is 384 g/mol. The predicted molar refractivity (Wildman–Crippen MR) is 87.6 cm³/mol. The van der Waals surface area contributed by atoms with Gasteiger partial charge in [0.05, 0.1) is 0 Å². The van der Waals surface area contributed by atoms with E-state index in [1.54, 1.807) is 12.4 Å². The van der Waals surface area contributed by atoms with Crippen molar-refractivity contribution in [2.24, 2.45) is 0 Å². The molecule has 2 N–H and O–H groups in total. The van der Waals surface area contributed by atoms with Gasteiger partial charge in [-0.05, 0) is 56.1 Å². The average Bonchev–Trinajstić information content (AvgIpc) is 3.06. The topological polar surface area (TPSA) is 57.4 Å². The molecule has 0 aromatic carbocycles. The minimum Gasteiger partial charge on any atom is -0.346 e. The molecule has 0 amide bonds. The minimum atomic E-state index is 0.934. The largest absolute Gasteiger partial charge is 0.346 e. The van der Waals surface area contributed by atoms with Crippen LogP contribution in [0.25, 0.3) is 22.1 Å². The highest BCUT2D eigenvalue weighted by Crippen LogP contribution is 2.15. The normalized spacial score (nSPS) is 10.5. The molecule has 0 radical (unpaired) electrons. The van der Waals surface area contributed by atoms with Crippen molar-refractivity contribution in [2.45, 2.75) is 0 Å². The van der Waals surface area contributed by atoms with Gasteiger partial charge in [-0.15, -0.1) is 0 Å². The van der Waals surface area contributed by atoms with Gasteiger partial charge in [0.1, 0.15) is 11.3 Å². The number of nitrogens with zero attached hydrogens (tertiary/aromatic N) is 2. The van der Waals surface area contributed by atoms with Crippen molar-refractivity contribution in [3.63, 3.8) is 0 Å². The minimum absolute atomic E-state index is 0.934. The third-order valence-electron chi connectivity index (χ3n) is 2.73. The lowest BCUT2D eigenvalue weighted by atomic mass is 10.3. The summed E-state index contributed by atoms with van der Waals surface area (Å²) in [7, 11) is 0. The Morgan fingerprint density at radius 1 is 0.750 bits per heavy atom. The van der Waals surface area contributed by atoms with Crippen molar-refractivity contribution in [3.05, 3.63) is 58.0 Å². The summed E-state index contributed by atoms with van der Waals surface area (Å²) in [6, 6.07) is 8.04. The van der Waals surface area contributed by atoms with E-state index in [9.17, 15) is 0 Å². The standard InChI is InChI=1S/2C7H5BrN2/c2*8-6-3-5-1-2-9-7(5)10-4-6/h2*1-4H,(H,9,10). The number of halogens is 2. The van der Waals surface area contributed by atoms with Crippen LogP contribution in [-0.2, 0) is 0 Å². The number of hydrogen-bond donors (Lipinski definition) is 2. The maximum absolute atomic E-state index is 4.14. The Morgan fingerprint density at radius 2 is 1.20 bits per heavy atom. The molecule has 0 atom stereocenters. The molecule has 4 heterocycles. The zero-order valence-electron chi connectivity index (χ0n) is 10.3. The smallest absolute Gasteiger partial charge is 0.137 e. The Kier molecular flexibility index (Phi) is 3.84. The van der Waals surface area contributed by atoms with Crippen molar-refractivity contribution in [3.8, 4) is 0 Å². The van der Waals surface area contributed by atoms with Gasteiger partial charge in [0.2, 0.25) is 0 Å². The average molecular weight is 394 g/mol. The fourth-order valence-corrected chi connectivity index (χ4v) is 2.52. The summed E-state index contributed by atoms with van der Waals surface area (Å²) in [5.74, 6) is 0. The zero-order valence-corrected chi connectivity index (χ0v) is 13.4. The van der Waals surface area contributed by atoms with E-state index in [1.807, 2.05) is 36.7 Å². The highest BCUT2D eigenvalue weighted by molar-refractivity contribution is 9.10. The number of aromatic nitrogens is 4. The molecule has 20 heavy (non-hydrogen) atoms. The Hall–Kier alpha value is -1.66. The SMILES string of the molecule is Brc1cnc2[nH]ccc2c1.Brc1cnc2[nH]ccc2c1. The molecule has 4 nitrogen and oxygen atoms in total. The van der Waals surface area contributed by atoms with Crippen LogP contribution in [0.3, 0.4) is 0 Å². The van der Waals surface area contributed by atoms with E-state index in [1.165, 1.54) is 0 Å². The maximum Gasteiger partial charge on any atom is 0.137 e. The molecule has 4 rings (SSSR count). The molecule has 0 aliphatic carbocycles. The first-order chi connectivity index (χ1) is 9.72. The van der Waals surface area contributed by atoms with Crippen molar-refractivity contribution in [1.29, 1.82) is 0 Å². The first-order valence-corrected chi connectivity index (χ1v) is 7.48. The number of hydrogen-bond acceptors (Lipinski definition) is 2. The van der Waals surface area contributed by atoms with Gasteiger partial charge in [0.15, 0.2) is 0 Å². The zero-order chi connectivity index (χ0) is 13.9. The number of rotatable bonds is 0. The molecule has 6 heteroatoms. The monoisotopic (exact) mass is 392 g/mol. The Bertz CT molecular complexity index is 778. The highest BCUT2D eigenvalue weighted by atomic mass is 79.9. The van der Waals surface area contributed by atoms with Gasteiger partial charge in [0, 0.05) is 44.5 Å². The summed E-state index contributed by atoms with van der Waals surface area (Å²) in [6.45, 7) is 0. The van der Waals surface area contributed by atoms with Crippen LogP contribution < -0.4 is 0 Å². The third-order valence-corrected chi connectivity index (χ3v) is 3.60. The molecular formula is C14H10Br2N4. The van der Waals surface area contributed by atoms with Crippen LogP contribution in [0.4, 0.5) is 0 Å². The van der Waals surface area contributed by atoms with Crippen LogP contribution in [0.1, 0.15) is 0 Å². The summed E-state index contributed by atoms with van der Waals surface area (Å²) >= 11 is 6.68. The predicted octanol–water partition coefficient (Wildman–Crippen LogP) is 4.65. The molecule has 0 saturated heterocycles. The fourth-order valence-electron chi connectivity index (χ4n) is 1.83. The molecule has 0 aliphatic rings. The fraction of sp³-hybridized carbons (Fsp3) is 0. The number of H-pyrrole nitrogens is 2. The van der Waals surface area contributed by atoms with Gasteiger partial charge >= 0.3 is 0 Å². The summed E-state index contributed by atoms with van der Waals surface area (Å²) < 4.78 is 2.03. The second kappa shape index (κ2) is 5.76. The van der Waals surface area contributed by atoms with Gasteiger partial charge in [0.25, 0.3) is 0 Å². The molecule has 4 aromatic rings. The summed E-state index contributed by atoms with van der Waals surface area (Å²) in [5, 5.41) is 2.27. The van der Waals surface area contributed by atoms with E-state index >= 15 is 0 Å². The number of aromatic amines is 2. The van der Waals surface area contributed by atoms with Crippen molar-refractivity contribution < 1.29 is 0 Å². The molecule has 0 fully saturated rings. The Labute approximate surface area is 131 Å². The van der Waals surface area contributed by atoms with Crippen LogP contribution in [0.2, 0.25) is 0 Å². The van der Waals surface area contributed by atoms with Gasteiger partial charge in [-0.3, -0.25) is 0 Å². The Balaban J connectivity index is 0.000000121. The number of pyridine rings is 2. The van der Waals surface area contributed by atoms with Crippen molar-refractivity contribution in [1.82, 2.24) is 19.9 Å². The molecule has 0 saturated carbocycles. The summed E-state index contributed by atoms with van der Waals surface area (Å²) in [6.07, 6.45) is 7.31. The lowest BCUT2D eigenvalue weighted by Crippen LogP contribution is -1.73. The third kappa shape index (κ3) is 2.91. The maximum atomic E-state index is 4.14. The molecule has 4 aromatic heterocycles. The number of nitrogens with one attached hydrogen (secondary N) is 2. The molecule has 0 aliphatic heterocycles. The molecule has 0 bridgehead atoms. The van der Waals surface area contributed by atoms with E-state index in [4.69, 9.17) is 0 Å². The van der Waals surface area contributed by atoms with Crippen LogP contribution in [-0.4, -0.2) is 19.9 Å². The van der Waals surface area contributed by atoms with E-state index in [0.29, 0.717) is 0 Å². The van der Waals surface area contributed by atoms with Gasteiger partial charge < -0.3 is 9.97 Å². The van der Waals surface area contributed by atoms with E-state index < -0.39 is 0 Å². The second-order valence-corrected chi connectivity index (χ2v) is 5.97. The lowest BCUT2D eigenvalue weighted by Gasteiger charge is -1.88. The van der Waals surface area contributed by atoms with Crippen molar-refractivity contribution in [2.75, 3.05) is 0 Å². The summed E-state index contributed by atoms with van der Waals surface area (Å²) in [5.41, 5.74) is 1.87. The number of fused-ring (bicyclic) bond motifs is 2. The van der Waals surface area contributed by atoms with Crippen molar-refractivity contribution >= 4 is 53.9 Å². The summed E-state index contributed by atoms with van der Waals surface area (Å²) in [4.78, 5) is 14.3. The van der Waals surface area contributed by atoms with Crippen LogP contribution in [0.5, 0.6) is 0 Å². The first-order valence-electron chi connectivity index (χ1n) is 5.89. The van der Waals surface area contributed by atoms with E-state index in [0.717, 1.165) is 31.0 Å². The van der Waals surface area contributed by atoms with E-state index in [2.05, 4.69) is 51.8 Å². The quantitative estimate of drug-likeness (QED) is 0.456. The van der Waals surface area contributed by atoms with Crippen LogP contribution in [0, 0.1) is 0 Å². The van der Waals surface area contributed by atoms with E-state index in [-0.39, 0.29) is 0 Å². The van der Waals surface area contributed by atoms with Crippen LogP contribution in [0.15, 0.2) is 58.0 Å². The molecule has 0 unspecified atom stereocenters. The van der Waals surface area contributed by atoms with Gasteiger partial charge in [-0.25, -0.2) is 9.97 Å². The lowest BCUT2D eigenvalue weighted by molar-refractivity contribution is 1.31. The highest BCUT2D eigenvalue weighted by Gasteiger charge is 1.94.